The van der Waals surface area contributed by atoms with Crippen molar-refractivity contribution in [3.05, 3.63) is 32.3 Å². The Morgan fingerprint density at radius 3 is 2.13 bits per heavy atom. The number of benzene rings is 1. The average Bonchev–Trinajstić information content (AvgIpc) is 2.10. The van der Waals surface area contributed by atoms with E-state index in [0.717, 1.165) is 12.1 Å². The predicted molar refractivity (Wildman–Crippen MR) is 49.7 cm³/mol. The van der Waals surface area contributed by atoms with Crippen LogP contribution in [-0.2, 0) is 0 Å². The summed E-state index contributed by atoms with van der Waals surface area (Å²) in [6.45, 7) is -3.10. The first kappa shape index (κ1) is 11.9. The summed E-state index contributed by atoms with van der Waals surface area (Å²) in [5.41, 5.74) is -0.397. The molecule has 0 unspecified atom stereocenters. The molecular formula is C7H3Cl2F2NO3. The van der Waals surface area contributed by atoms with E-state index in [1.165, 1.54) is 0 Å². The minimum Gasteiger partial charge on any atom is -0.432 e. The summed E-state index contributed by atoms with van der Waals surface area (Å²) >= 11 is 11.0. The molecule has 0 bridgehead atoms. The van der Waals surface area contributed by atoms with Crippen LogP contribution in [0.3, 0.4) is 0 Å². The Morgan fingerprint density at radius 2 is 1.80 bits per heavy atom. The monoisotopic (exact) mass is 257 g/mol. The number of nitro groups is 1. The van der Waals surface area contributed by atoms with Crippen molar-refractivity contribution >= 4 is 28.9 Å². The van der Waals surface area contributed by atoms with E-state index in [1.807, 2.05) is 0 Å². The summed E-state index contributed by atoms with van der Waals surface area (Å²) in [6, 6.07) is 1.76. The van der Waals surface area contributed by atoms with Crippen LogP contribution >= 0.6 is 23.2 Å². The van der Waals surface area contributed by atoms with E-state index in [1.54, 1.807) is 0 Å². The van der Waals surface area contributed by atoms with Gasteiger partial charge in [0, 0.05) is 12.1 Å². The first-order valence-corrected chi connectivity index (χ1v) is 4.25. The summed E-state index contributed by atoms with van der Waals surface area (Å²) in [6.07, 6.45) is 0. The van der Waals surface area contributed by atoms with Crippen molar-refractivity contribution < 1.29 is 18.4 Å². The third-order valence-electron chi connectivity index (χ3n) is 1.40. The van der Waals surface area contributed by atoms with E-state index in [0.29, 0.717) is 0 Å². The lowest BCUT2D eigenvalue weighted by Crippen LogP contribution is -2.03. The molecule has 0 atom stereocenters. The van der Waals surface area contributed by atoms with Gasteiger partial charge in [-0.25, -0.2) is 0 Å². The third kappa shape index (κ3) is 2.90. The number of alkyl halides is 2. The smallest absolute Gasteiger partial charge is 0.387 e. The highest BCUT2D eigenvalue weighted by atomic mass is 35.5. The van der Waals surface area contributed by atoms with Gasteiger partial charge in [0.25, 0.3) is 5.69 Å². The van der Waals surface area contributed by atoms with Crippen LogP contribution in [0.15, 0.2) is 12.1 Å². The van der Waals surface area contributed by atoms with Crippen LogP contribution in [0, 0.1) is 10.1 Å². The maximum absolute atomic E-state index is 11.9. The fourth-order valence-corrected chi connectivity index (χ4v) is 1.42. The van der Waals surface area contributed by atoms with Crippen LogP contribution in [0.2, 0.25) is 10.0 Å². The first-order chi connectivity index (χ1) is 6.91. The van der Waals surface area contributed by atoms with Gasteiger partial charge in [-0.15, -0.1) is 0 Å². The number of nitrogens with zero attached hydrogens (tertiary/aromatic N) is 1. The molecule has 0 aliphatic carbocycles. The van der Waals surface area contributed by atoms with E-state index in [4.69, 9.17) is 23.2 Å². The van der Waals surface area contributed by atoms with Crippen molar-refractivity contribution in [2.24, 2.45) is 0 Å². The van der Waals surface area contributed by atoms with Crippen molar-refractivity contribution in [1.82, 2.24) is 0 Å². The fourth-order valence-electron chi connectivity index (χ4n) is 0.854. The molecule has 0 radical (unpaired) electrons. The summed E-state index contributed by atoms with van der Waals surface area (Å²) in [7, 11) is 0. The first-order valence-electron chi connectivity index (χ1n) is 3.50. The van der Waals surface area contributed by atoms with E-state index in [-0.39, 0.29) is 10.0 Å². The number of non-ortho nitro benzene ring substituents is 1. The topological polar surface area (TPSA) is 52.4 Å². The highest BCUT2D eigenvalue weighted by Crippen LogP contribution is 2.37. The Balaban J connectivity index is 3.15. The van der Waals surface area contributed by atoms with Gasteiger partial charge in [-0.3, -0.25) is 10.1 Å². The van der Waals surface area contributed by atoms with Gasteiger partial charge >= 0.3 is 6.61 Å². The molecule has 82 valence electrons. The minimum atomic E-state index is -3.10. The van der Waals surface area contributed by atoms with Crippen molar-refractivity contribution in [3.8, 4) is 5.75 Å². The van der Waals surface area contributed by atoms with Crippen LogP contribution in [0.4, 0.5) is 14.5 Å². The van der Waals surface area contributed by atoms with E-state index < -0.39 is 23.0 Å². The maximum Gasteiger partial charge on any atom is 0.387 e. The number of nitro benzene ring substituents is 1. The van der Waals surface area contributed by atoms with Gasteiger partial charge in [-0.2, -0.15) is 8.78 Å². The quantitative estimate of drug-likeness (QED) is 0.615. The lowest BCUT2D eigenvalue weighted by Gasteiger charge is -2.07. The third-order valence-corrected chi connectivity index (χ3v) is 1.96. The summed E-state index contributed by atoms with van der Waals surface area (Å²) in [4.78, 5) is 9.59. The van der Waals surface area contributed by atoms with Crippen LogP contribution < -0.4 is 4.74 Å². The molecule has 0 spiro atoms. The molecule has 0 aliphatic heterocycles. The fraction of sp³-hybridized carbons (Fsp3) is 0.143. The van der Waals surface area contributed by atoms with E-state index >= 15 is 0 Å². The van der Waals surface area contributed by atoms with Gasteiger partial charge in [0.05, 0.1) is 15.0 Å². The summed E-state index contributed by atoms with van der Waals surface area (Å²) < 4.78 is 27.7. The molecule has 0 aliphatic rings. The second kappa shape index (κ2) is 4.59. The Bertz CT molecular complexity index is 377. The normalized spacial score (nSPS) is 10.5. The molecular weight excluding hydrogens is 255 g/mol. The SMILES string of the molecule is O=[N+]([O-])c1cc(Cl)c(OC(F)F)c(Cl)c1. The molecule has 0 aromatic heterocycles. The number of ether oxygens (including phenoxy) is 1. The molecule has 1 aromatic rings. The zero-order valence-electron chi connectivity index (χ0n) is 6.92. The summed E-state index contributed by atoms with van der Waals surface area (Å²) in [5.74, 6) is -0.473. The van der Waals surface area contributed by atoms with Crippen LogP contribution in [-0.4, -0.2) is 11.5 Å². The van der Waals surface area contributed by atoms with E-state index in [9.17, 15) is 18.9 Å². The Hall–Kier alpha value is -1.14. The van der Waals surface area contributed by atoms with Crippen molar-refractivity contribution in [2.45, 2.75) is 6.61 Å². The molecule has 0 heterocycles. The standard InChI is InChI=1S/C7H3Cl2F2NO3/c8-4-1-3(12(13)14)2-5(9)6(4)15-7(10)11/h1-2,7H. The van der Waals surface area contributed by atoms with Gasteiger partial charge in [0.1, 0.15) is 0 Å². The maximum atomic E-state index is 11.9. The predicted octanol–water partition coefficient (Wildman–Crippen LogP) is 3.50. The zero-order chi connectivity index (χ0) is 11.6. The molecule has 8 heteroatoms. The lowest BCUT2D eigenvalue weighted by molar-refractivity contribution is -0.384. The van der Waals surface area contributed by atoms with Crippen molar-refractivity contribution in [3.63, 3.8) is 0 Å². The molecule has 0 fully saturated rings. The lowest BCUT2D eigenvalue weighted by atomic mass is 10.3. The molecule has 0 saturated heterocycles. The molecule has 15 heavy (non-hydrogen) atoms. The van der Waals surface area contributed by atoms with Crippen molar-refractivity contribution in [1.29, 1.82) is 0 Å². The van der Waals surface area contributed by atoms with Gasteiger partial charge in [0.2, 0.25) is 0 Å². The minimum absolute atomic E-state index is 0.338. The van der Waals surface area contributed by atoms with Crippen LogP contribution in [0.5, 0.6) is 5.75 Å². The average molecular weight is 258 g/mol. The Kier molecular flexibility index (Phi) is 3.65. The van der Waals surface area contributed by atoms with Crippen LogP contribution in [0.1, 0.15) is 0 Å². The molecule has 4 nitrogen and oxygen atoms in total. The van der Waals surface area contributed by atoms with Gasteiger partial charge < -0.3 is 4.74 Å². The van der Waals surface area contributed by atoms with Crippen LogP contribution in [0.25, 0.3) is 0 Å². The highest BCUT2D eigenvalue weighted by Gasteiger charge is 2.18. The Labute approximate surface area is 92.5 Å². The summed E-state index contributed by atoms with van der Waals surface area (Å²) in [5, 5.41) is 9.66. The van der Waals surface area contributed by atoms with Gasteiger partial charge in [-0.1, -0.05) is 23.2 Å². The highest BCUT2D eigenvalue weighted by molar-refractivity contribution is 6.37. The second-order valence-electron chi connectivity index (χ2n) is 2.37. The number of rotatable bonds is 3. The number of hydrogen-bond donors (Lipinski definition) is 0. The molecule has 1 rings (SSSR count). The van der Waals surface area contributed by atoms with Gasteiger partial charge in [-0.05, 0) is 0 Å². The Morgan fingerprint density at radius 1 is 1.33 bits per heavy atom. The van der Waals surface area contributed by atoms with E-state index in [2.05, 4.69) is 4.74 Å². The molecule has 0 amide bonds. The number of halogens is 4. The molecule has 1 aromatic carbocycles. The van der Waals surface area contributed by atoms with Crippen molar-refractivity contribution in [2.75, 3.05) is 0 Å². The number of hydrogen-bond acceptors (Lipinski definition) is 3. The zero-order valence-corrected chi connectivity index (χ0v) is 8.43. The largest absolute Gasteiger partial charge is 0.432 e. The molecule has 0 N–H and O–H groups in total. The molecule has 0 saturated carbocycles. The van der Waals surface area contributed by atoms with Gasteiger partial charge in [0.15, 0.2) is 5.75 Å². The second-order valence-corrected chi connectivity index (χ2v) is 3.19.